The van der Waals surface area contributed by atoms with Gasteiger partial charge < -0.3 is 16.8 Å². The van der Waals surface area contributed by atoms with E-state index in [0.29, 0.717) is 6.41 Å². The van der Waals surface area contributed by atoms with E-state index in [-0.39, 0.29) is 11.8 Å². The van der Waals surface area contributed by atoms with Gasteiger partial charge in [-0.1, -0.05) is 0 Å². The van der Waals surface area contributed by atoms with Crippen LogP contribution in [-0.4, -0.2) is 29.7 Å². The highest BCUT2D eigenvalue weighted by Crippen LogP contribution is 2.10. The number of aliphatic imine (C=N–C) groups is 2. The van der Waals surface area contributed by atoms with E-state index < -0.39 is 11.4 Å². The largest absolute Gasteiger partial charge is 0.385 e. The van der Waals surface area contributed by atoms with Gasteiger partial charge in [-0.05, 0) is 6.92 Å². The SMILES string of the molecule is CC1(NC=O)C(=O)N=C(N)N=C1N. The molecule has 0 aromatic carbocycles. The first-order valence-electron chi connectivity index (χ1n) is 3.45. The molecule has 1 aliphatic heterocycles. The van der Waals surface area contributed by atoms with Gasteiger partial charge >= 0.3 is 0 Å². The number of nitrogens with zero attached hydrogens (tertiary/aromatic N) is 2. The Morgan fingerprint density at radius 1 is 1.46 bits per heavy atom. The van der Waals surface area contributed by atoms with E-state index in [9.17, 15) is 9.59 Å². The van der Waals surface area contributed by atoms with Crippen molar-refractivity contribution in [1.29, 1.82) is 0 Å². The number of amidine groups is 1. The van der Waals surface area contributed by atoms with Gasteiger partial charge in [0.1, 0.15) is 5.84 Å². The molecule has 0 aromatic heterocycles. The summed E-state index contributed by atoms with van der Waals surface area (Å²) in [5.74, 6) is -0.908. The van der Waals surface area contributed by atoms with Crippen LogP contribution in [0.2, 0.25) is 0 Å². The second kappa shape index (κ2) is 2.85. The van der Waals surface area contributed by atoms with Crippen molar-refractivity contribution in [2.45, 2.75) is 12.5 Å². The second-order valence-electron chi connectivity index (χ2n) is 2.66. The third-order valence-electron chi connectivity index (χ3n) is 1.74. The molecule has 0 fully saturated rings. The number of carbonyl (C=O) groups is 2. The maximum absolute atomic E-state index is 11.3. The number of hydrogen-bond donors (Lipinski definition) is 3. The molecule has 1 rings (SSSR count). The van der Waals surface area contributed by atoms with Crippen LogP contribution in [0.5, 0.6) is 0 Å². The van der Waals surface area contributed by atoms with E-state index >= 15 is 0 Å². The van der Waals surface area contributed by atoms with Gasteiger partial charge in [0.05, 0.1) is 0 Å². The third-order valence-corrected chi connectivity index (χ3v) is 1.74. The number of amides is 2. The van der Waals surface area contributed by atoms with Crippen molar-refractivity contribution in [3.8, 4) is 0 Å². The smallest absolute Gasteiger partial charge is 0.282 e. The van der Waals surface area contributed by atoms with Gasteiger partial charge in [0.2, 0.25) is 12.4 Å². The molecular formula is C6H9N5O2. The first-order chi connectivity index (χ1) is 6.00. The Balaban J connectivity index is 3.08. The first-order valence-corrected chi connectivity index (χ1v) is 3.45. The molecule has 1 atom stereocenters. The van der Waals surface area contributed by atoms with Crippen molar-refractivity contribution in [3.63, 3.8) is 0 Å². The maximum Gasteiger partial charge on any atom is 0.282 e. The maximum atomic E-state index is 11.3. The molecule has 70 valence electrons. The van der Waals surface area contributed by atoms with E-state index in [1.807, 2.05) is 0 Å². The molecule has 1 aliphatic rings. The van der Waals surface area contributed by atoms with Gasteiger partial charge in [-0.3, -0.25) is 9.59 Å². The van der Waals surface area contributed by atoms with E-state index in [0.717, 1.165) is 0 Å². The number of hydrogen-bond acceptors (Lipinski definition) is 5. The Bertz CT molecular complexity index is 321. The Kier molecular flexibility index (Phi) is 2.01. The standard InChI is InChI=1S/C6H9N5O2/c1-6(9-2-12)3(7)10-5(8)11-4(6)13/h2H,1H3,(H,9,12)(H4,7,8,10,11,13). The lowest BCUT2D eigenvalue weighted by molar-refractivity contribution is -0.124. The van der Waals surface area contributed by atoms with Crippen LogP contribution >= 0.6 is 0 Å². The summed E-state index contributed by atoms with van der Waals surface area (Å²) in [6.07, 6.45) is 0.358. The Morgan fingerprint density at radius 3 is 2.54 bits per heavy atom. The molecule has 1 heterocycles. The molecule has 2 amide bonds. The van der Waals surface area contributed by atoms with Crippen LogP contribution in [0.4, 0.5) is 0 Å². The minimum absolute atomic E-state index is 0.0721. The third kappa shape index (κ3) is 1.35. The van der Waals surface area contributed by atoms with Crippen LogP contribution < -0.4 is 16.8 Å². The van der Waals surface area contributed by atoms with E-state index in [1.54, 1.807) is 0 Å². The average molecular weight is 183 g/mol. The van der Waals surface area contributed by atoms with Gasteiger partial charge in [-0.15, -0.1) is 0 Å². The summed E-state index contributed by atoms with van der Waals surface area (Å²) in [6, 6.07) is 0. The molecule has 7 nitrogen and oxygen atoms in total. The fourth-order valence-electron chi connectivity index (χ4n) is 0.839. The van der Waals surface area contributed by atoms with Crippen LogP contribution in [0.15, 0.2) is 9.98 Å². The second-order valence-corrected chi connectivity index (χ2v) is 2.66. The fourth-order valence-corrected chi connectivity index (χ4v) is 0.839. The quantitative estimate of drug-likeness (QED) is 0.416. The number of rotatable bonds is 2. The van der Waals surface area contributed by atoms with Gasteiger partial charge in [0.25, 0.3) is 5.91 Å². The lowest BCUT2D eigenvalue weighted by Gasteiger charge is -2.26. The summed E-state index contributed by atoms with van der Waals surface area (Å²) in [4.78, 5) is 28.4. The van der Waals surface area contributed by atoms with Gasteiger partial charge in [0, 0.05) is 0 Å². The van der Waals surface area contributed by atoms with E-state index in [2.05, 4.69) is 15.3 Å². The van der Waals surface area contributed by atoms with Crippen LogP contribution in [0, 0.1) is 0 Å². The van der Waals surface area contributed by atoms with Gasteiger partial charge in [-0.2, -0.15) is 9.98 Å². The summed E-state index contributed by atoms with van der Waals surface area (Å²) in [6.45, 7) is 1.40. The molecule has 7 heteroatoms. The Morgan fingerprint density at radius 2 is 2.08 bits per heavy atom. The molecule has 0 aromatic rings. The minimum Gasteiger partial charge on any atom is -0.385 e. The Labute approximate surface area is 73.9 Å². The highest BCUT2D eigenvalue weighted by atomic mass is 16.2. The van der Waals surface area contributed by atoms with Gasteiger partial charge in [-0.25, -0.2) is 0 Å². The fraction of sp³-hybridized carbons (Fsp3) is 0.333. The van der Waals surface area contributed by atoms with Crippen molar-refractivity contribution in [2.24, 2.45) is 21.5 Å². The number of nitrogens with two attached hydrogens (primary N) is 2. The zero-order valence-corrected chi connectivity index (χ0v) is 6.94. The molecule has 0 saturated carbocycles. The van der Waals surface area contributed by atoms with Crippen LogP contribution in [-0.2, 0) is 9.59 Å². The summed E-state index contributed by atoms with van der Waals surface area (Å²) in [7, 11) is 0. The predicted octanol–water partition coefficient (Wildman–Crippen LogP) is -2.30. The zero-order valence-electron chi connectivity index (χ0n) is 6.94. The highest BCUT2D eigenvalue weighted by molar-refractivity contribution is 6.20. The molecule has 1 unspecified atom stereocenters. The van der Waals surface area contributed by atoms with E-state index in [1.165, 1.54) is 6.92 Å². The van der Waals surface area contributed by atoms with Crippen LogP contribution in [0.25, 0.3) is 0 Å². The summed E-state index contributed by atoms with van der Waals surface area (Å²) in [5.41, 5.74) is 9.24. The number of guanidine groups is 1. The number of carbonyl (C=O) groups excluding carboxylic acids is 2. The van der Waals surface area contributed by atoms with Crippen molar-refractivity contribution in [3.05, 3.63) is 0 Å². The van der Waals surface area contributed by atoms with Crippen molar-refractivity contribution >= 4 is 24.1 Å². The summed E-state index contributed by atoms with van der Waals surface area (Å²) >= 11 is 0. The van der Waals surface area contributed by atoms with Crippen molar-refractivity contribution in [1.82, 2.24) is 5.32 Å². The molecule has 5 N–H and O–H groups in total. The topological polar surface area (TPSA) is 123 Å². The molecular weight excluding hydrogens is 174 g/mol. The summed E-state index contributed by atoms with van der Waals surface area (Å²) < 4.78 is 0. The molecule has 0 saturated heterocycles. The average Bonchev–Trinajstić information content (AvgIpc) is 2.01. The normalized spacial score (nSPS) is 27.6. The molecule has 0 bridgehead atoms. The highest BCUT2D eigenvalue weighted by Gasteiger charge is 2.39. The zero-order chi connectivity index (χ0) is 10.1. The van der Waals surface area contributed by atoms with Gasteiger partial charge in [0.15, 0.2) is 5.54 Å². The predicted molar refractivity (Wildman–Crippen MR) is 45.9 cm³/mol. The molecule has 0 spiro atoms. The lowest BCUT2D eigenvalue weighted by atomic mass is 10.00. The first kappa shape index (κ1) is 9.17. The monoisotopic (exact) mass is 183 g/mol. The van der Waals surface area contributed by atoms with Crippen molar-refractivity contribution in [2.75, 3.05) is 0 Å². The molecule has 13 heavy (non-hydrogen) atoms. The summed E-state index contributed by atoms with van der Waals surface area (Å²) in [5, 5.41) is 2.23. The number of nitrogens with one attached hydrogen (secondary N) is 1. The lowest BCUT2D eigenvalue weighted by Crippen LogP contribution is -2.60. The molecule has 0 radical (unpaired) electrons. The van der Waals surface area contributed by atoms with Crippen molar-refractivity contribution < 1.29 is 9.59 Å². The Hall–Kier alpha value is -1.92. The van der Waals surface area contributed by atoms with Crippen LogP contribution in [0.3, 0.4) is 0 Å². The minimum atomic E-state index is -1.37. The van der Waals surface area contributed by atoms with Crippen LogP contribution in [0.1, 0.15) is 6.92 Å². The van der Waals surface area contributed by atoms with E-state index in [4.69, 9.17) is 11.5 Å². The molecule has 0 aliphatic carbocycles.